The average molecular weight is 248 g/mol. The van der Waals surface area contributed by atoms with Crippen LogP contribution >= 0.6 is 0 Å². The van der Waals surface area contributed by atoms with E-state index in [1.165, 1.54) is 11.1 Å². The summed E-state index contributed by atoms with van der Waals surface area (Å²) in [5.41, 5.74) is 8.53. The van der Waals surface area contributed by atoms with Crippen LogP contribution in [0.3, 0.4) is 0 Å². The molecule has 0 amide bonds. The van der Waals surface area contributed by atoms with Gasteiger partial charge >= 0.3 is 0 Å². The van der Waals surface area contributed by atoms with Gasteiger partial charge in [0, 0.05) is 30.7 Å². The normalized spacial score (nSPS) is 19.8. The molecule has 1 aliphatic rings. The van der Waals surface area contributed by atoms with E-state index in [4.69, 9.17) is 10.5 Å². The Morgan fingerprint density at radius 2 is 2.00 bits per heavy atom. The van der Waals surface area contributed by atoms with Gasteiger partial charge in [0.25, 0.3) is 0 Å². The number of likely N-dealkylation sites (tertiary alicyclic amines) is 1. The fraction of sp³-hybridized carbons (Fsp3) is 0.600. The van der Waals surface area contributed by atoms with E-state index in [1.54, 1.807) is 7.11 Å². The number of nitrogens with zero attached hydrogens (tertiary/aromatic N) is 1. The minimum atomic E-state index is 0.382. The number of ether oxygens (including phenoxy) is 1. The Kier molecular flexibility index (Phi) is 4.25. The molecule has 0 saturated carbocycles. The van der Waals surface area contributed by atoms with E-state index in [1.807, 2.05) is 0 Å². The van der Waals surface area contributed by atoms with Crippen molar-refractivity contribution in [2.24, 2.45) is 5.73 Å². The highest BCUT2D eigenvalue weighted by atomic mass is 16.5. The van der Waals surface area contributed by atoms with Crippen molar-refractivity contribution in [2.75, 3.05) is 20.2 Å². The summed E-state index contributed by atoms with van der Waals surface area (Å²) < 4.78 is 5.48. The van der Waals surface area contributed by atoms with Gasteiger partial charge in [-0.1, -0.05) is 17.7 Å². The van der Waals surface area contributed by atoms with Crippen molar-refractivity contribution in [3.8, 4) is 5.75 Å². The van der Waals surface area contributed by atoms with Gasteiger partial charge in [0.15, 0.2) is 0 Å². The molecule has 18 heavy (non-hydrogen) atoms. The molecule has 0 radical (unpaired) electrons. The summed E-state index contributed by atoms with van der Waals surface area (Å²) in [6, 6.07) is 7.18. The Labute approximate surface area is 110 Å². The van der Waals surface area contributed by atoms with Gasteiger partial charge in [0.1, 0.15) is 5.75 Å². The minimum Gasteiger partial charge on any atom is -0.496 e. The zero-order chi connectivity index (χ0) is 13.1. The minimum absolute atomic E-state index is 0.382. The SMILES string of the molecule is COc1ccc(C)cc1C(C)N1CCC(N)CC1. The third-order valence-corrected chi connectivity index (χ3v) is 3.96. The maximum Gasteiger partial charge on any atom is 0.123 e. The summed E-state index contributed by atoms with van der Waals surface area (Å²) in [7, 11) is 1.74. The first kappa shape index (κ1) is 13.4. The molecule has 100 valence electrons. The fourth-order valence-corrected chi connectivity index (χ4v) is 2.68. The second kappa shape index (κ2) is 5.72. The topological polar surface area (TPSA) is 38.5 Å². The van der Waals surface area contributed by atoms with E-state index < -0.39 is 0 Å². The molecule has 3 nitrogen and oxygen atoms in total. The molecule has 2 rings (SSSR count). The largest absolute Gasteiger partial charge is 0.496 e. The van der Waals surface area contributed by atoms with E-state index in [0.29, 0.717) is 12.1 Å². The van der Waals surface area contributed by atoms with Crippen LogP contribution in [0.4, 0.5) is 0 Å². The molecule has 1 aromatic carbocycles. The van der Waals surface area contributed by atoms with Gasteiger partial charge in [0.05, 0.1) is 7.11 Å². The Hall–Kier alpha value is -1.06. The van der Waals surface area contributed by atoms with Crippen LogP contribution in [0.15, 0.2) is 18.2 Å². The van der Waals surface area contributed by atoms with Gasteiger partial charge in [-0.3, -0.25) is 4.90 Å². The van der Waals surface area contributed by atoms with Crippen molar-refractivity contribution < 1.29 is 4.74 Å². The molecule has 1 unspecified atom stereocenters. The lowest BCUT2D eigenvalue weighted by atomic mass is 9.99. The second-order valence-electron chi connectivity index (χ2n) is 5.29. The van der Waals surface area contributed by atoms with Gasteiger partial charge in [-0.2, -0.15) is 0 Å². The quantitative estimate of drug-likeness (QED) is 0.893. The molecule has 3 heteroatoms. The van der Waals surface area contributed by atoms with Crippen LogP contribution in [0.25, 0.3) is 0 Å². The molecule has 2 N–H and O–H groups in total. The third-order valence-electron chi connectivity index (χ3n) is 3.96. The summed E-state index contributed by atoms with van der Waals surface area (Å²) in [4.78, 5) is 2.50. The summed E-state index contributed by atoms with van der Waals surface area (Å²) >= 11 is 0. The van der Waals surface area contributed by atoms with Gasteiger partial charge in [-0.15, -0.1) is 0 Å². The lowest BCUT2D eigenvalue weighted by molar-refractivity contribution is 0.161. The Morgan fingerprint density at radius 3 is 2.61 bits per heavy atom. The number of methoxy groups -OCH3 is 1. The smallest absolute Gasteiger partial charge is 0.123 e. The average Bonchev–Trinajstić information content (AvgIpc) is 2.39. The summed E-state index contributed by atoms with van der Waals surface area (Å²) in [6.45, 7) is 6.55. The van der Waals surface area contributed by atoms with Crippen LogP contribution in [-0.4, -0.2) is 31.1 Å². The summed E-state index contributed by atoms with van der Waals surface area (Å²) in [5.74, 6) is 0.989. The number of benzene rings is 1. The zero-order valence-electron chi connectivity index (χ0n) is 11.6. The van der Waals surface area contributed by atoms with E-state index in [2.05, 4.69) is 36.9 Å². The molecule has 0 bridgehead atoms. The highest BCUT2D eigenvalue weighted by Gasteiger charge is 2.23. The lowest BCUT2D eigenvalue weighted by Gasteiger charge is -2.35. The van der Waals surface area contributed by atoms with Crippen LogP contribution in [0.2, 0.25) is 0 Å². The maximum atomic E-state index is 5.96. The third kappa shape index (κ3) is 2.85. The molecule has 1 aromatic rings. The van der Waals surface area contributed by atoms with Crippen LogP contribution < -0.4 is 10.5 Å². The van der Waals surface area contributed by atoms with Crippen molar-refractivity contribution >= 4 is 0 Å². The fourth-order valence-electron chi connectivity index (χ4n) is 2.68. The number of piperidine rings is 1. The predicted molar refractivity (Wildman–Crippen MR) is 74.9 cm³/mol. The molecular formula is C15H24N2O. The van der Waals surface area contributed by atoms with Gasteiger partial charge in [-0.05, 0) is 32.8 Å². The Morgan fingerprint density at radius 1 is 1.33 bits per heavy atom. The van der Waals surface area contributed by atoms with Gasteiger partial charge < -0.3 is 10.5 Å². The first-order valence-electron chi connectivity index (χ1n) is 6.76. The van der Waals surface area contributed by atoms with Crippen LogP contribution in [0, 0.1) is 6.92 Å². The van der Waals surface area contributed by atoms with Crippen LogP contribution in [0.5, 0.6) is 5.75 Å². The molecule has 0 aromatic heterocycles. The predicted octanol–water partition coefficient (Wildman–Crippen LogP) is 2.49. The van der Waals surface area contributed by atoms with E-state index in [9.17, 15) is 0 Å². The molecule has 1 heterocycles. The van der Waals surface area contributed by atoms with E-state index >= 15 is 0 Å². The highest BCUT2D eigenvalue weighted by molar-refractivity contribution is 5.39. The molecule has 1 fully saturated rings. The van der Waals surface area contributed by atoms with Crippen LogP contribution in [-0.2, 0) is 0 Å². The molecular weight excluding hydrogens is 224 g/mol. The monoisotopic (exact) mass is 248 g/mol. The first-order valence-corrected chi connectivity index (χ1v) is 6.76. The molecule has 0 aliphatic carbocycles. The van der Waals surface area contributed by atoms with E-state index in [0.717, 1.165) is 31.7 Å². The highest BCUT2D eigenvalue weighted by Crippen LogP contribution is 2.31. The Bertz CT molecular complexity index is 397. The van der Waals surface area contributed by atoms with Crippen molar-refractivity contribution in [3.63, 3.8) is 0 Å². The van der Waals surface area contributed by atoms with E-state index in [-0.39, 0.29) is 0 Å². The Balaban J connectivity index is 2.17. The first-order chi connectivity index (χ1) is 8.61. The molecule has 1 atom stereocenters. The van der Waals surface area contributed by atoms with Crippen LogP contribution in [0.1, 0.15) is 36.9 Å². The summed E-state index contributed by atoms with van der Waals surface area (Å²) in [5, 5.41) is 0. The van der Waals surface area contributed by atoms with Crippen molar-refractivity contribution in [3.05, 3.63) is 29.3 Å². The zero-order valence-corrected chi connectivity index (χ0v) is 11.6. The summed E-state index contributed by atoms with van der Waals surface area (Å²) in [6.07, 6.45) is 2.19. The number of nitrogens with two attached hydrogens (primary N) is 1. The second-order valence-corrected chi connectivity index (χ2v) is 5.29. The molecule has 0 spiro atoms. The maximum absolute atomic E-state index is 5.96. The molecule has 1 saturated heterocycles. The lowest BCUT2D eigenvalue weighted by Crippen LogP contribution is -2.40. The van der Waals surface area contributed by atoms with Crippen molar-refractivity contribution in [2.45, 2.75) is 38.8 Å². The van der Waals surface area contributed by atoms with Crippen molar-refractivity contribution in [1.82, 2.24) is 4.90 Å². The number of aryl methyl sites for hydroxylation is 1. The number of hydrogen-bond acceptors (Lipinski definition) is 3. The molecule has 1 aliphatic heterocycles. The standard InChI is InChI=1S/C15H24N2O/c1-11-4-5-15(18-3)14(10-11)12(2)17-8-6-13(16)7-9-17/h4-5,10,12-13H,6-9,16H2,1-3H3. The van der Waals surface area contributed by atoms with Crippen molar-refractivity contribution in [1.29, 1.82) is 0 Å². The van der Waals surface area contributed by atoms with Gasteiger partial charge in [-0.25, -0.2) is 0 Å². The van der Waals surface area contributed by atoms with Gasteiger partial charge in [0.2, 0.25) is 0 Å². The number of hydrogen-bond donors (Lipinski definition) is 1. The number of rotatable bonds is 3.